The number of rotatable bonds is 10. The molecule has 3 aliphatic rings. The van der Waals surface area contributed by atoms with Gasteiger partial charge in [-0.3, -0.25) is 15.1 Å². The first-order chi connectivity index (χ1) is 21.1. The zero-order valence-corrected chi connectivity index (χ0v) is 25.1. The Bertz CT molecular complexity index is 1570. The van der Waals surface area contributed by atoms with Crippen molar-refractivity contribution in [3.05, 3.63) is 100 Å². The fourth-order valence-electron chi connectivity index (χ4n) is 5.67. The molecule has 1 fully saturated rings. The van der Waals surface area contributed by atoms with Crippen molar-refractivity contribution in [2.75, 3.05) is 19.8 Å². The molecule has 0 atom stereocenters. The topological polar surface area (TPSA) is 84.2 Å². The van der Waals surface area contributed by atoms with E-state index in [4.69, 9.17) is 19.6 Å². The lowest BCUT2D eigenvalue weighted by molar-refractivity contribution is -0.114. The van der Waals surface area contributed by atoms with Crippen molar-refractivity contribution in [2.45, 2.75) is 44.9 Å². The summed E-state index contributed by atoms with van der Waals surface area (Å²) in [6, 6.07) is 23.8. The van der Waals surface area contributed by atoms with Crippen LogP contribution in [0.5, 0.6) is 17.2 Å². The van der Waals surface area contributed by atoms with Crippen LogP contribution in [0.25, 0.3) is 11.8 Å². The van der Waals surface area contributed by atoms with E-state index in [9.17, 15) is 4.79 Å². The maximum atomic E-state index is 12.9. The smallest absolute Gasteiger partial charge is 0.283 e. The number of amides is 1. The van der Waals surface area contributed by atoms with Crippen molar-refractivity contribution in [2.24, 2.45) is 4.99 Å². The highest BCUT2D eigenvalue weighted by Gasteiger charge is 2.36. The number of nitrogens with zero attached hydrogens (tertiary/aromatic N) is 2. The average Bonchev–Trinajstić information content (AvgIpc) is 3.47. The van der Waals surface area contributed by atoms with Crippen molar-refractivity contribution in [1.82, 2.24) is 4.90 Å². The van der Waals surface area contributed by atoms with E-state index in [0.29, 0.717) is 48.0 Å². The van der Waals surface area contributed by atoms with Gasteiger partial charge < -0.3 is 14.2 Å². The van der Waals surface area contributed by atoms with Gasteiger partial charge in [0.25, 0.3) is 5.91 Å². The molecule has 0 spiro atoms. The Morgan fingerprint density at radius 1 is 0.930 bits per heavy atom. The van der Waals surface area contributed by atoms with Gasteiger partial charge in [-0.1, -0.05) is 79.6 Å². The van der Waals surface area contributed by atoms with E-state index in [0.717, 1.165) is 17.0 Å². The van der Waals surface area contributed by atoms with Crippen molar-refractivity contribution >= 4 is 40.4 Å². The summed E-state index contributed by atoms with van der Waals surface area (Å²) in [7, 11) is 0. The molecule has 1 aliphatic carbocycles. The van der Waals surface area contributed by atoms with Gasteiger partial charge in [-0.25, -0.2) is 0 Å². The van der Waals surface area contributed by atoms with Crippen LogP contribution >= 0.6 is 11.8 Å². The average molecular weight is 594 g/mol. The lowest BCUT2D eigenvalue weighted by Crippen LogP contribution is -2.38. The molecule has 0 radical (unpaired) electrons. The second-order valence-corrected chi connectivity index (χ2v) is 11.5. The molecule has 43 heavy (non-hydrogen) atoms. The molecule has 0 aromatic heterocycles. The van der Waals surface area contributed by atoms with Gasteiger partial charge in [-0.05, 0) is 72.7 Å². The van der Waals surface area contributed by atoms with Crippen LogP contribution in [-0.2, 0) is 4.79 Å². The molecule has 0 unspecified atom stereocenters. The number of benzene rings is 3. The third-order valence-electron chi connectivity index (χ3n) is 7.83. The molecule has 3 aromatic rings. The minimum atomic E-state index is -0.436. The molecule has 2 heterocycles. The molecule has 6 rings (SSSR count). The fourth-order valence-corrected chi connectivity index (χ4v) is 6.56. The first-order valence-electron chi connectivity index (χ1n) is 14.9. The van der Waals surface area contributed by atoms with Gasteiger partial charge in [0.15, 0.2) is 16.7 Å². The number of aliphatic imine (C=N–C) groups is 1. The Morgan fingerprint density at radius 2 is 1.70 bits per heavy atom. The molecule has 0 saturated heterocycles. The summed E-state index contributed by atoms with van der Waals surface area (Å²) >= 11 is 1.35. The summed E-state index contributed by atoms with van der Waals surface area (Å²) in [6.45, 7) is 3.12. The quantitative estimate of drug-likeness (QED) is 0.190. The summed E-state index contributed by atoms with van der Waals surface area (Å²) in [6.07, 6.45) is 8.25. The van der Waals surface area contributed by atoms with Crippen LogP contribution in [0.3, 0.4) is 0 Å². The van der Waals surface area contributed by atoms with E-state index < -0.39 is 5.91 Å². The minimum Gasteiger partial charge on any atom is -0.490 e. The van der Waals surface area contributed by atoms with E-state index in [2.05, 4.69) is 29.3 Å². The van der Waals surface area contributed by atoms with Gasteiger partial charge >= 0.3 is 0 Å². The Kier molecular flexibility index (Phi) is 8.93. The maximum Gasteiger partial charge on any atom is 0.283 e. The van der Waals surface area contributed by atoms with Crippen molar-refractivity contribution in [3.63, 3.8) is 0 Å². The summed E-state index contributed by atoms with van der Waals surface area (Å²) in [5.41, 5.74) is 4.12. The zero-order chi connectivity index (χ0) is 29.6. The van der Waals surface area contributed by atoms with Gasteiger partial charge in [0.05, 0.1) is 17.9 Å². The molecule has 1 amide bonds. The minimum absolute atomic E-state index is 0.0947. The number of ether oxygens (including phenoxy) is 3. The van der Waals surface area contributed by atoms with Gasteiger partial charge in [0, 0.05) is 5.41 Å². The molecule has 3 aromatic carbocycles. The molecular weight excluding hydrogens is 558 g/mol. The molecule has 1 saturated carbocycles. The summed E-state index contributed by atoms with van der Waals surface area (Å²) in [5.74, 6) is 2.33. The number of hydrogen-bond acceptors (Lipinski definition) is 6. The molecule has 0 bridgehead atoms. The van der Waals surface area contributed by atoms with E-state index in [-0.39, 0.29) is 11.4 Å². The van der Waals surface area contributed by atoms with E-state index in [1.807, 2.05) is 60.9 Å². The molecule has 1 N–H and O–H groups in total. The van der Waals surface area contributed by atoms with E-state index >= 15 is 0 Å². The monoisotopic (exact) mass is 593 g/mol. The van der Waals surface area contributed by atoms with Gasteiger partial charge in [0.1, 0.15) is 24.8 Å². The van der Waals surface area contributed by atoms with Crippen LogP contribution < -0.4 is 14.2 Å². The highest BCUT2D eigenvalue weighted by atomic mass is 32.2. The summed E-state index contributed by atoms with van der Waals surface area (Å²) in [4.78, 5) is 18.9. The van der Waals surface area contributed by atoms with Gasteiger partial charge in [-0.15, -0.1) is 0 Å². The number of fused-ring (bicyclic) bond motifs is 1. The Labute approximate surface area is 256 Å². The van der Waals surface area contributed by atoms with Crippen LogP contribution in [0.15, 0.2) is 88.8 Å². The van der Waals surface area contributed by atoms with E-state index in [1.165, 1.54) is 49.4 Å². The van der Waals surface area contributed by atoms with Crippen LogP contribution in [0.2, 0.25) is 0 Å². The fraction of sp³-hybridized carbons (Fsp3) is 0.286. The first-order valence-corrected chi connectivity index (χ1v) is 15.8. The second kappa shape index (κ2) is 13.3. The Morgan fingerprint density at radius 3 is 2.47 bits per heavy atom. The van der Waals surface area contributed by atoms with Crippen LogP contribution in [0, 0.1) is 5.41 Å². The Balaban J connectivity index is 1.10. The number of carbonyl (C=O) groups excluding carboxylic acids is 1. The summed E-state index contributed by atoms with van der Waals surface area (Å²) < 4.78 is 17.8. The van der Waals surface area contributed by atoms with Crippen molar-refractivity contribution in [3.8, 4) is 17.2 Å². The normalized spacial score (nSPS) is 17.9. The second-order valence-electron chi connectivity index (χ2n) is 10.7. The molecule has 2 aliphatic heterocycles. The standard InChI is InChI=1S/C35H35N3O4S/c1-2-40-32-22-24(21-29-33(36)38-30(27-11-7-4-8-12-27)23-43-35(38)37-34(29)39)13-18-31(32)42-20-19-41-28-16-14-26(15-17-28)25-9-5-3-6-10-25/h4,7-8,11-18,21-23,25,36H,2-3,5-6,9-10,19-20H2,1H3. The molecule has 220 valence electrons. The molecular formula is C35H35N3O4S. The van der Waals surface area contributed by atoms with Crippen LogP contribution in [0.4, 0.5) is 0 Å². The van der Waals surface area contributed by atoms with Crippen molar-refractivity contribution in [1.29, 1.82) is 5.41 Å². The number of nitrogens with one attached hydrogen (secondary N) is 1. The van der Waals surface area contributed by atoms with Gasteiger partial charge in [0.2, 0.25) is 0 Å². The largest absolute Gasteiger partial charge is 0.490 e. The van der Waals surface area contributed by atoms with Crippen LogP contribution in [0.1, 0.15) is 61.6 Å². The SMILES string of the molecule is CCOc1cc(C=C2C(=N)N3C(c4ccccc4)=CSC3=NC2=O)ccc1OCCOc1ccc(C2CCCCC2)cc1. The first kappa shape index (κ1) is 28.8. The molecule has 7 nitrogen and oxygen atoms in total. The third kappa shape index (κ3) is 6.54. The summed E-state index contributed by atoms with van der Waals surface area (Å²) in [5, 5.41) is 11.3. The lowest BCUT2D eigenvalue weighted by atomic mass is 9.84. The van der Waals surface area contributed by atoms with Gasteiger partial charge in [-0.2, -0.15) is 4.99 Å². The number of thioether (sulfide) groups is 1. The maximum absolute atomic E-state index is 12.9. The van der Waals surface area contributed by atoms with E-state index in [1.54, 1.807) is 11.0 Å². The zero-order valence-electron chi connectivity index (χ0n) is 24.3. The van der Waals surface area contributed by atoms with Crippen molar-refractivity contribution < 1.29 is 19.0 Å². The third-order valence-corrected chi connectivity index (χ3v) is 8.65. The number of amidine groups is 2. The predicted octanol–water partition coefficient (Wildman–Crippen LogP) is 7.90. The predicted molar refractivity (Wildman–Crippen MR) is 173 cm³/mol. The highest BCUT2D eigenvalue weighted by molar-refractivity contribution is 8.17. The molecule has 8 heteroatoms. The lowest BCUT2D eigenvalue weighted by Gasteiger charge is -2.27. The number of carbonyl (C=O) groups is 1. The van der Waals surface area contributed by atoms with Crippen LogP contribution in [-0.4, -0.2) is 41.6 Å². The Hall–Kier alpha value is -4.30. The number of hydrogen-bond donors (Lipinski definition) is 1. The highest BCUT2D eigenvalue weighted by Crippen LogP contribution is 2.38.